The molecule has 0 N–H and O–H groups in total. The smallest absolute Gasteiger partial charge is 0.230 e. The molecule has 0 saturated carbocycles. The van der Waals surface area contributed by atoms with Gasteiger partial charge in [-0.2, -0.15) is 5.10 Å². The van der Waals surface area contributed by atoms with Crippen molar-refractivity contribution in [3.8, 4) is 5.69 Å². The lowest BCUT2D eigenvalue weighted by molar-refractivity contribution is 0.102. The highest BCUT2D eigenvalue weighted by Gasteiger charge is 2.12. The number of Topliss-reactive ketones (excluding diaryl/α,β-unsaturated/α-hetero) is 1. The van der Waals surface area contributed by atoms with Crippen LogP contribution < -0.4 is 0 Å². The Morgan fingerprint density at radius 1 is 1.27 bits per heavy atom. The number of hydrogen-bond acceptors (Lipinski definition) is 7. The van der Waals surface area contributed by atoms with Gasteiger partial charge in [-0.25, -0.2) is 9.67 Å². The Balaban J connectivity index is 0.00000243. The minimum atomic E-state index is -0.0262. The first-order valence-electron chi connectivity index (χ1n) is 7.30. The van der Waals surface area contributed by atoms with E-state index in [1.54, 1.807) is 23.9 Å². The third kappa shape index (κ3) is 4.20. The molecule has 0 bridgehead atoms. The molecule has 136 valence electrons. The number of ketones is 1. The normalized spacial score (nSPS) is 11.0. The van der Waals surface area contributed by atoms with Crippen molar-refractivity contribution in [1.29, 1.82) is 0 Å². The maximum Gasteiger partial charge on any atom is 0.230 e. The first kappa shape index (κ1) is 20.3. The van der Waals surface area contributed by atoms with Gasteiger partial charge in [0.2, 0.25) is 5.13 Å². The van der Waals surface area contributed by atoms with Gasteiger partial charge >= 0.3 is 0 Å². The summed E-state index contributed by atoms with van der Waals surface area (Å²) in [7, 11) is 0. The number of aromatic nitrogens is 3. The quantitative estimate of drug-likeness (QED) is 0.320. The van der Waals surface area contributed by atoms with Crippen LogP contribution in [0, 0.1) is 13.8 Å². The van der Waals surface area contributed by atoms with Crippen LogP contribution in [-0.2, 0) is 0 Å². The average molecular weight is 408 g/mol. The lowest BCUT2D eigenvalue weighted by Gasteiger charge is -2.04. The SMILES string of the molecule is C.CC(=O)c1sc(N=Nc2cn(-c3cc(S)ccc3Cl)nc2C)nc1C. The topological polar surface area (TPSA) is 72.5 Å². The molecule has 0 fully saturated rings. The highest BCUT2D eigenvalue weighted by molar-refractivity contribution is 7.80. The summed E-state index contributed by atoms with van der Waals surface area (Å²) in [6.45, 7) is 5.12. The fourth-order valence-electron chi connectivity index (χ4n) is 2.20. The lowest BCUT2D eigenvalue weighted by Crippen LogP contribution is -1.95. The zero-order valence-corrected chi connectivity index (χ0v) is 16.2. The van der Waals surface area contributed by atoms with Gasteiger partial charge in [0, 0.05) is 11.8 Å². The van der Waals surface area contributed by atoms with Gasteiger partial charge in [0.05, 0.1) is 33.2 Å². The number of azo groups is 1. The molecule has 0 radical (unpaired) electrons. The Morgan fingerprint density at radius 2 is 2.00 bits per heavy atom. The minimum absolute atomic E-state index is 0. The summed E-state index contributed by atoms with van der Waals surface area (Å²) in [6.07, 6.45) is 1.74. The molecule has 3 rings (SSSR count). The molecule has 0 aliphatic heterocycles. The third-order valence-corrected chi connectivity index (χ3v) is 5.14. The molecule has 6 nitrogen and oxygen atoms in total. The van der Waals surface area contributed by atoms with Crippen molar-refractivity contribution in [3.63, 3.8) is 0 Å². The molecule has 0 aliphatic rings. The van der Waals surface area contributed by atoms with Crippen molar-refractivity contribution in [2.24, 2.45) is 10.2 Å². The standard InChI is InChI=1S/C16H14ClN5OS2.CH4/c1-8-13(19-20-16-18-9(2)15(25-16)10(3)23)7-22(21-8)14-6-11(24)4-5-12(14)17;/h4-7,24H,1-3H3;1H4. The second kappa shape index (κ2) is 8.11. The van der Waals surface area contributed by atoms with E-state index in [1.165, 1.54) is 18.3 Å². The summed E-state index contributed by atoms with van der Waals surface area (Å²) in [5.74, 6) is -0.0262. The van der Waals surface area contributed by atoms with E-state index >= 15 is 0 Å². The van der Waals surface area contributed by atoms with Crippen LogP contribution in [0.2, 0.25) is 5.02 Å². The van der Waals surface area contributed by atoms with Gasteiger partial charge in [-0.3, -0.25) is 4.79 Å². The van der Waals surface area contributed by atoms with E-state index in [4.69, 9.17) is 11.6 Å². The van der Waals surface area contributed by atoms with Crippen molar-refractivity contribution in [2.75, 3.05) is 0 Å². The Labute approximate surface area is 166 Å². The fourth-order valence-corrected chi connectivity index (χ4v) is 3.38. The Hall–Kier alpha value is -2.03. The molecule has 0 spiro atoms. The van der Waals surface area contributed by atoms with Crippen molar-refractivity contribution < 1.29 is 4.79 Å². The second-order valence-electron chi connectivity index (χ2n) is 5.35. The Bertz CT molecular complexity index is 993. The van der Waals surface area contributed by atoms with Gasteiger partial charge in [0.1, 0.15) is 5.69 Å². The molecule has 0 unspecified atom stereocenters. The molecular weight excluding hydrogens is 390 g/mol. The van der Waals surface area contributed by atoms with Crippen LogP contribution in [-0.4, -0.2) is 20.5 Å². The van der Waals surface area contributed by atoms with Crippen LogP contribution >= 0.6 is 35.6 Å². The summed E-state index contributed by atoms with van der Waals surface area (Å²) >= 11 is 11.8. The maximum atomic E-state index is 11.5. The zero-order chi connectivity index (χ0) is 18.1. The fraction of sp³-hybridized carbons (Fsp3) is 0.235. The van der Waals surface area contributed by atoms with Crippen LogP contribution in [0.15, 0.2) is 39.5 Å². The van der Waals surface area contributed by atoms with Gasteiger partial charge in [-0.1, -0.05) is 30.4 Å². The third-order valence-electron chi connectivity index (χ3n) is 3.40. The summed E-state index contributed by atoms with van der Waals surface area (Å²) in [5, 5.41) is 13.7. The van der Waals surface area contributed by atoms with E-state index in [2.05, 4.69) is 32.9 Å². The first-order chi connectivity index (χ1) is 11.8. The molecule has 26 heavy (non-hydrogen) atoms. The number of carbonyl (C=O) groups is 1. The molecule has 0 atom stereocenters. The second-order valence-corrected chi connectivity index (χ2v) is 7.25. The van der Waals surface area contributed by atoms with Crippen LogP contribution in [0.1, 0.15) is 35.4 Å². The number of thiazole rings is 1. The largest absolute Gasteiger partial charge is 0.294 e. The highest BCUT2D eigenvalue weighted by Crippen LogP contribution is 2.29. The molecule has 9 heteroatoms. The number of carbonyl (C=O) groups excluding carboxylic acids is 1. The van der Waals surface area contributed by atoms with E-state index < -0.39 is 0 Å². The predicted octanol–water partition coefficient (Wildman–Crippen LogP) is 6.14. The summed E-state index contributed by atoms with van der Waals surface area (Å²) in [6, 6.07) is 5.39. The van der Waals surface area contributed by atoms with Gasteiger partial charge in [0.15, 0.2) is 5.78 Å². The Morgan fingerprint density at radius 3 is 2.65 bits per heavy atom. The number of nitrogens with zero attached hydrogens (tertiary/aromatic N) is 5. The van der Waals surface area contributed by atoms with Crippen molar-refractivity contribution in [3.05, 3.63) is 45.7 Å². The predicted molar refractivity (Wildman–Crippen MR) is 108 cm³/mol. The van der Waals surface area contributed by atoms with Crippen LogP contribution in [0.3, 0.4) is 0 Å². The number of thiol groups is 1. The van der Waals surface area contributed by atoms with Crippen LogP contribution in [0.4, 0.5) is 10.8 Å². The molecule has 0 aliphatic carbocycles. The number of hydrogen-bond donors (Lipinski definition) is 1. The highest BCUT2D eigenvalue weighted by atomic mass is 35.5. The molecule has 0 amide bonds. The minimum Gasteiger partial charge on any atom is -0.294 e. The number of benzene rings is 1. The van der Waals surface area contributed by atoms with Gasteiger partial charge in [-0.15, -0.1) is 22.9 Å². The Kier molecular flexibility index (Phi) is 6.33. The van der Waals surface area contributed by atoms with Crippen molar-refractivity contribution in [1.82, 2.24) is 14.8 Å². The van der Waals surface area contributed by atoms with E-state index in [9.17, 15) is 4.79 Å². The zero-order valence-electron chi connectivity index (χ0n) is 13.7. The van der Waals surface area contributed by atoms with Crippen LogP contribution in [0.25, 0.3) is 5.69 Å². The molecule has 0 saturated heterocycles. The van der Waals surface area contributed by atoms with Gasteiger partial charge < -0.3 is 0 Å². The lowest BCUT2D eigenvalue weighted by atomic mass is 10.3. The number of rotatable bonds is 4. The van der Waals surface area contributed by atoms with E-state index in [0.717, 1.165) is 4.90 Å². The summed E-state index contributed by atoms with van der Waals surface area (Å²) < 4.78 is 1.64. The number of aryl methyl sites for hydroxylation is 2. The van der Waals surface area contributed by atoms with Gasteiger partial charge in [0.25, 0.3) is 0 Å². The average Bonchev–Trinajstić information content (AvgIpc) is 3.10. The first-order valence-corrected chi connectivity index (χ1v) is 8.94. The molecule has 2 aromatic heterocycles. The van der Waals surface area contributed by atoms with E-state index in [0.29, 0.717) is 37.8 Å². The van der Waals surface area contributed by atoms with Crippen LogP contribution in [0.5, 0.6) is 0 Å². The van der Waals surface area contributed by atoms with Crippen molar-refractivity contribution in [2.45, 2.75) is 33.1 Å². The molecule has 1 aromatic carbocycles. The monoisotopic (exact) mass is 407 g/mol. The maximum absolute atomic E-state index is 11.5. The van der Waals surface area contributed by atoms with E-state index in [1.807, 2.05) is 19.1 Å². The number of halogens is 1. The van der Waals surface area contributed by atoms with E-state index in [-0.39, 0.29) is 13.2 Å². The van der Waals surface area contributed by atoms with Crippen molar-refractivity contribution >= 4 is 52.2 Å². The van der Waals surface area contributed by atoms with Gasteiger partial charge in [-0.05, 0) is 32.0 Å². The summed E-state index contributed by atoms with van der Waals surface area (Å²) in [4.78, 5) is 17.1. The molecule has 2 heterocycles. The molecule has 3 aromatic rings. The summed E-state index contributed by atoms with van der Waals surface area (Å²) in [5.41, 5.74) is 2.67. The molecular formula is C17H18ClN5OS2.